The fraction of sp³-hybridized carbons (Fsp3) is 0.154. The van der Waals surface area contributed by atoms with Crippen LogP contribution in [0, 0.1) is 5.82 Å². The van der Waals surface area contributed by atoms with Gasteiger partial charge in [0.1, 0.15) is 11.6 Å². The lowest BCUT2D eigenvalue weighted by molar-refractivity contribution is 0.101. The van der Waals surface area contributed by atoms with Crippen molar-refractivity contribution in [3.8, 4) is 0 Å². The number of ketones is 1. The summed E-state index contributed by atoms with van der Waals surface area (Å²) in [6, 6.07) is 7.00. The van der Waals surface area contributed by atoms with Crippen LogP contribution in [0.2, 0.25) is 0 Å². The van der Waals surface area contributed by atoms with Gasteiger partial charge in [-0.1, -0.05) is 6.92 Å². The lowest BCUT2D eigenvalue weighted by Crippen LogP contribution is -2.04. The van der Waals surface area contributed by atoms with E-state index in [0.29, 0.717) is 12.2 Å². The lowest BCUT2D eigenvalue weighted by Gasteiger charge is -2.02. The molecule has 0 amide bonds. The maximum atomic E-state index is 13.1. The van der Waals surface area contributed by atoms with Gasteiger partial charge in [-0.2, -0.15) is 0 Å². The van der Waals surface area contributed by atoms with Gasteiger partial charge < -0.3 is 10.2 Å². The van der Waals surface area contributed by atoms with Crippen LogP contribution in [0.15, 0.2) is 34.7 Å². The molecule has 0 radical (unpaired) electrons. The van der Waals surface area contributed by atoms with Crippen LogP contribution in [-0.2, 0) is 6.42 Å². The van der Waals surface area contributed by atoms with Gasteiger partial charge >= 0.3 is 0 Å². The molecular formula is C13H12FNO2. The van der Waals surface area contributed by atoms with Crippen LogP contribution in [0.3, 0.4) is 0 Å². The third-order valence-electron chi connectivity index (χ3n) is 2.49. The number of carbonyl (C=O) groups is 1. The molecule has 0 spiro atoms. The largest absolute Gasteiger partial charge is 0.458 e. The van der Waals surface area contributed by atoms with E-state index >= 15 is 0 Å². The normalized spacial score (nSPS) is 10.5. The zero-order chi connectivity index (χ0) is 12.4. The minimum Gasteiger partial charge on any atom is -0.458 e. The molecule has 0 saturated heterocycles. The predicted molar refractivity (Wildman–Crippen MR) is 62.3 cm³/mol. The topological polar surface area (TPSA) is 56.2 Å². The molecule has 1 heterocycles. The van der Waals surface area contributed by atoms with Gasteiger partial charge in [0.25, 0.3) is 0 Å². The van der Waals surface area contributed by atoms with E-state index in [1.807, 2.05) is 6.92 Å². The first-order chi connectivity index (χ1) is 8.11. The summed E-state index contributed by atoms with van der Waals surface area (Å²) in [5.41, 5.74) is 6.01. The van der Waals surface area contributed by atoms with Crippen LogP contribution in [0.25, 0.3) is 0 Å². The zero-order valence-electron chi connectivity index (χ0n) is 9.37. The first-order valence-corrected chi connectivity index (χ1v) is 5.30. The summed E-state index contributed by atoms with van der Waals surface area (Å²) in [6.07, 6.45) is 0.700. The number of hydrogen-bond acceptors (Lipinski definition) is 3. The quantitative estimate of drug-likeness (QED) is 0.655. The second-order valence-electron chi connectivity index (χ2n) is 3.68. The van der Waals surface area contributed by atoms with Crippen molar-refractivity contribution >= 4 is 11.5 Å². The van der Waals surface area contributed by atoms with E-state index in [4.69, 9.17) is 10.2 Å². The summed E-state index contributed by atoms with van der Waals surface area (Å²) in [5, 5.41) is 0. The fourth-order valence-electron chi connectivity index (χ4n) is 1.55. The van der Waals surface area contributed by atoms with E-state index in [1.54, 1.807) is 12.1 Å². The average molecular weight is 233 g/mol. The Labute approximate surface area is 98.0 Å². The van der Waals surface area contributed by atoms with Crippen molar-refractivity contribution in [2.75, 3.05) is 5.73 Å². The summed E-state index contributed by atoms with van der Waals surface area (Å²) in [7, 11) is 0. The van der Waals surface area contributed by atoms with E-state index in [1.165, 1.54) is 12.1 Å². The minimum atomic E-state index is -0.496. The third kappa shape index (κ3) is 2.20. The molecule has 0 saturated carbocycles. The average Bonchev–Trinajstić information content (AvgIpc) is 2.80. The van der Waals surface area contributed by atoms with Crippen LogP contribution in [0.5, 0.6) is 0 Å². The first kappa shape index (κ1) is 11.4. The summed E-state index contributed by atoms with van der Waals surface area (Å²) >= 11 is 0. The number of rotatable bonds is 3. The smallest absolute Gasteiger partial charge is 0.230 e. The Hall–Kier alpha value is -2.10. The second kappa shape index (κ2) is 4.41. The summed E-state index contributed by atoms with van der Waals surface area (Å²) in [6.45, 7) is 1.92. The molecule has 0 aliphatic rings. The van der Waals surface area contributed by atoms with Crippen molar-refractivity contribution in [3.05, 3.63) is 53.2 Å². The number of nitrogen functional groups attached to an aromatic ring is 1. The Morgan fingerprint density at radius 3 is 2.76 bits per heavy atom. The van der Waals surface area contributed by atoms with Gasteiger partial charge in [-0.15, -0.1) is 0 Å². The molecular weight excluding hydrogens is 221 g/mol. The molecule has 88 valence electrons. The van der Waals surface area contributed by atoms with Crippen LogP contribution in [0.4, 0.5) is 10.1 Å². The van der Waals surface area contributed by atoms with Gasteiger partial charge in [0.15, 0.2) is 5.76 Å². The highest BCUT2D eigenvalue weighted by molar-refractivity contribution is 6.10. The Morgan fingerprint density at radius 2 is 2.12 bits per heavy atom. The first-order valence-electron chi connectivity index (χ1n) is 5.30. The maximum Gasteiger partial charge on any atom is 0.230 e. The van der Waals surface area contributed by atoms with E-state index in [0.717, 1.165) is 6.07 Å². The summed E-state index contributed by atoms with van der Waals surface area (Å²) in [4.78, 5) is 12.0. The standard InChI is InChI=1S/C13H12FNO2/c1-2-9-4-6-12(17-9)13(16)10-7-8(14)3-5-11(10)15/h3-7H,2,15H2,1H3. The summed E-state index contributed by atoms with van der Waals surface area (Å²) in [5.74, 6) is -0.00556. The number of furan rings is 1. The zero-order valence-corrected chi connectivity index (χ0v) is 9.37. The van der Waals surface area contributed by atoms with E-state index in [-0.39, 0.29) is 17.0 Å². The predicted octanol–water partition coefficient (Wildman–Crippen LogP) is 2.79. The highest BCUT2D eigenvalue weighted by atomic mass is 19.1. The van der Waals surface area contributed by atoms with Crippen LogP contribution in [-0.4, -0.2) is 5.78 Å². The molecule has 1 aromatic heterocycles. The number of anilines is 1. The minimum absolute atomic E-state index is 0.127. The molecule has 0 aliphatic heterocycles. The van der Waals surface area contributed by atoms with Gasteiger partial charge in [0, 0.05) is 12.1 Å². The molecule has 0 atom stereocenters. The molecule has 3 nitrogen and oxygen atoms in total. The van der Waals surface area contributed by atoms with Gasteiger partial charge in [-0.25, -0.2) is 4.39 Å². The fourth-order valence-corrected chi connectivity index (χ4v) is 1.55. The second-order valence-corrected chi connectivity index (χ2v) is 3.68. The van der Waals surface area contributed by atoms with Gasteiger partial charge in [0.2, 0.25) is 5.78 Å². The molecule has 1 aromatic carbocycles. The van der Waals surface area contributed by atoms with Crippen LogP contribution >= 0.6 is 0 Å². The molecule has 17 heavy (non-hydrogen) atoms. The van der Waals surface area contributed by atoms with Crippen molar-refractivity contribution in [2.45, 2.75) is 13.3 Å². The number of nitrogens with two attached hydrogens (primary N) is 1. The molecule has 2 aromatic rings. The number of carbonyl (C=O) groups excluding carboxylic acids is 1. The Morgan fingerprint density at radius 1 is 1.35 bits per heavy atom. The molecule has 2 N–H and O–H groups in total. The highest BCUT2D eigenvalue weighted by Gasteiger charge is 2.16. The molecule has 0 bridgehead atoms. The highest BCUT2D eigenvalue weighted by Crippen LogP contribution is 2.19. The van der Waals surface area contributed by atoms with Crippen molar-refractivity contribution in [1.82, 2.24) is 0 Å². The van der Waals surface area contributed by atoms with Gasteiger partial charge in [0.05, 0.1) is 5.56 Å². The number of benzene rings is 1. The maximum absolute atomic E-state index is 13.1. The monoisotopic (exact) mass is 233 g/mol. The van der Waals surface area contributed by atoms with Crippen LogP contribution < -0.4 is 5.73 Å². The molecule has 0 unspecified atom stereocenters. The van der Waals surface area contributed by atoms with Crippen molar-refractivity contribution in [1.29, 1.82) is 0 Å². The van der Waals surface area contributed by atoms with E-state index in [9.17, 15) is 9.18 Å². The Balaban J connectivity index is 2.39. The number of halogens is 1. The van der Waals surface area contributed by atoms with Gasteiger partial charge in [-0.05, 0) is 30.3 Å². The molecule has 0 aliphatic carbocycles. The number of aryl methyl sites for hydroxylation is 1. The van der Waals surface area contributed by atoms with E-state index < -0.39 is 11.6 Å². The van der Waals surface area contributed by atoms with Crippen molar-refractivity contribution in [3.63, 3.8) is 0 Å². The van der Waals surface area contributed by atoms with Crippen molar-refractivity contribution in [2.24, 2.45) is 0 Å². The molecule has 4 heteroatoms. The SMILES string of the molecule is CCc1ccc(C(=O)c2cc(F)ccc2N)o1. The van der Waals surface area contributed by atoms with Crippen LogP contribution in [0.1, 0.15) is 28.8 Å². The number of hydrogen-bond donors (Lipinski definition) is 1. The van der Waals surface area contributed by atoms with E-state index in [2.05, 4.69) is 0 Å². The van der Waals surface area contributed by atoms with Crippen molar-refractivity contribution < 1.29 is 13.6 Å². The Bertz CT molecular complexity index is 560. The molecule has 2 rings (SSSR count). The third-order valence-corrected chi connectivity index (χ3v) is 2.49. The molecule has 0 fully saturated rings. The Kier molecular flexibility index (Phi) is 2.95. The van der Waals surface area contributed by atoms with Gasteiger partial charge in [-0.3, -0.25) is 4.79 Å². The lowest BCUT2D eigenvalue weighted by atomic mass is 10.1. The summed E-state index contributed by atoms with van der Waals surface area (Å²) < 4.78 is 18.4.